The normalized spacial score (nSPS) is 9.80. The van der Waals surface area contributed by atoms with E-state index >= 15 is 0 Å². The van der Waals surface area contributed by atoms with Crippen LogP contribution in [0.3, 0.4) is 0 Å². The standard InChI is InChI=1S/C7H14OS2/c1-2-3-4-5-7(8)10-6-9/h9H,2-6H2,1H3. The van der Waals surface area contributed by atoms with Crippen molar-refractivity contribution < 1.29 is 4.79 Å². The summed E-state index contributed by atoms with van der Waals surface area (Å²) in [5.41, 5.74) is 0. The molecule has 0 aromatic carbocycles. The van der Waals surface area contributed by atoms with E-state index in [1.165, 1.54) is 24.6 Å². The van der Waals surface area contributed by atoms with Crippen LogP contribution in [-0.4, -0.2) is 10.2 Å². The van der Waals surface area contributed by atoms with Crippen molar-refractivity contribution in [2.75, 3.05) is 5.08 Å². The third-order valence-corrected chi connectivity index (χ3v) is 2.25. The third kappa shape index (κ3) is 6.49. The molecule has 0 amide bonds. The Labute approximate surface area is 72.4 Å². The van der Waals surface area contributed by atoms with Gasteiger partial charge in [-0.3, -0.25) is 4.79 Å². The largest absolute Gasteiger partial charge is 0.287 e. The molecule has 3 heteroatoms. The fourth-order valence-corrected chi connectivity index (χ4v) is 1.53. The number of hydrogen-bond donors (Lipinski definition) is 1. The SMILES string of the molecule is CCCCCC(=O)SCS. The smallest absolute Gasteiger partial charge is 0.189 e. The van der Waals surface area contributed by atoms with Crippen LogP contribution in [0.25, 0.3) is 0 Å². The van der Waals surface area contributed by atoms with Gasteiger partial charge >= 0.3 is 0 Å². The predicted octanol–water partition coefficient (Wildman–Crippen LogP) is 2.71. The van der Waals surface area contributed by atoms with E-state index in [4.69, 9.17) is 0 Å². The molecule has 10 heavy (non-hydrogen) atoms. The van der Waals surface area contributed by atoms with E-state index in [9.17, 15) is 4.79 Å². The zero-order chi connectivity index (χ0) is 7.82. The van der Waals surface area contributed by atoms with E-state index in [1.807, 2.05) is 0 Å². The van der Waals surface area contributed by atoms with Crippen molar-refractivity contribution in [3.8, 4) is 0 Å². The molecule has 0 bridgehead atoms. The quantitative estimate of drug-likeness (QED) is 0.396. The van der Waals surface area contributed by atoms with Crippen molar-refractivity contribution in [1.82, 2.24) is 0 Å². The highest BCUT2D eigenvalue weighted by Crippen LogP contribution is 2.10. The van der Waals surface area contributed by atoms with Gasteiger partial charge in [-0.05, 0) is 6.42 Å². The molecule has 0 saturated heterocycles. The fourth-order valence-electron chi connectivity index (χ4n) is 0.664. The molecule has 0 rings (SSSR count). The Hall–Kier alpha value is 0.370. The molecule has 0 radical (unpaired) electrons. The summed E-state index contributed by atoms with van der Waals surface area (Å²) in [7, 11) is 0. The zero-order valence-electron chi connectivity index (χ0n) is 6.30. The first-order valence-corrected chi connectivity index (χ1v) is 5.19. The lowest BCUT2D eigenvalue weighted by Gasteiger charge is -1.95. The average Bonchev–Trinajstić information content (AvgIpc) is 1.89. The van der Waals surface area contributed by atoms with Gasteiger partial charge in [0.15, 0.2) is 5.12 Å². The maximum Gasteiger partial charge on any atom is 0.189 e. The van der Waals surface area contributed by atoms with Crippen LogP contribution >= 0.6 is 24.4 Å². The number of unbranched alkanes of at least 4 members (excludes halogenated alkanes) is 2. The summed E-state index contributed by atoms with van der Waals surface area (Å²) in [4.78, 5) is 10.8. The lowest BCUT2D eigenvalue weighted by Crippen LogP contribution is -1.90. The molecule has 0 aromatic heterocycles. The maximum atomic E-state index is 10.8. The summed E-state index contributed by atoms with van der Waals surface area (Å²) in [6.45, 7) is 2.14. The Kier molecular flexibility index (Phi) is 7.75. The van der Waals surface area contributed by atoms with Gasteiger partial charge in [-0.1, -0.05) is 31.5 Å². The minimum Gasteiger partial charge on any atom is -0.287 e. The lowest BCUT2D eigenvalue weighted by atomic mass is 10.2. The van der Waals surface area contributed by atoms with E-state index in [-0.39, 0.29) is 5.12 Å². The molecule has 0 atom stereocenters. The van der Waals surface area contributed by atoms with Crippen molar-refractivity contribution >= 4 is 29.5 Å². The van der Waals surface area contributed by atoms with Gasteiger partial charge in [0.25, 0.3) is 0 Å². The van der Waals surface area contributed by atoms with Crippen molar-refractivity contribution in [2.24, 2.45) is 0 Å². The van der Waals surface area contributed by atoms with Gasteiger partial charge in [0.05, 0.1) is 0 Å². The Balaban J connectivity index is 3.05. The van der Waals surface area contributed by atoms with E-state index < -0.39 is 0 Å². The first kappa shape index (κ1) is 10.4. The lowest BCUT2D eigenvalue weighted by molar-refractivity contribution is -0.111. The van der Waals surface area contributed by atoms with Gasteiger partial charge in [0.2, 0.25) is 0 Å². The highest BCUT2D eigenvalue weighted by molar-refractivity contribution is 8.20. The van der Waals surface area contributed by atoms with Gasteiger partial charge in [-0.2, -0.15) is 12.6 Å². The predicted molar refractivity (Wildman–Crippen MR) is 50.6 cm³/mol. The summed E-state index contributed by atoms with van der Waals surface area (Å²) >= 11 is 5.25. The van der Waals surface area contributed by atoms with E-state index in [1.54, 1.807) is 0 Å². The Morgan fingerprint density at radius 2 is 2.20 bits per heavy atom. The fraction of sp³-hybridized carbons (Fsp3) is 0.857. The van der Waals surface area contributed by atoms with Gasteiger partial charge in [0, 0.05) is 11.5 Å². The molecule has 0 aliphatic carbocycles. The van der Waals surface area contributed by atoms with Crippen LogP contribution in [0.4, 0.5) is 0 Å². The molecule has 0 aromatic rings. The minimum absolute atomic E-state index is 0.281. The first-order chi connectivity index (χ1) is 4.81. The van der Waals surface area contributed by atoms with Crippen molar-refractivity contribution in [3.63, 3.8) is 0 Å². The molecule has 0 aliphatic heterocycles. The summed E-state index contributed by atoms with van der Waals surface area (Å²) < 4.78 is 0. The van der Waals surface area contributed by atoms with Crippen LogP contribution in [0.2, 0.25) is 0 Å². The van der Waals surface area contributed by atoms with Crippen LogP contribution in [-0.2, 0) is 4.79 Å². The average molecular weight is 178 g/mol. The van der Waals surface area contributed by atoms with Crippen LogP contribution in [0.5, 0.6) is 0 Å². The Morgan fingerprint density at radius 1 is 1.50 bits per heavy atom. The monoisotopic (exact) mass is 178 g/mol. The molecule has 60 valence electrons. The van der Waals surface area contributed by atoms with Gasteiger partial charge < -0.3 is 0 Å². The molecular formula is C7H14OS2. The summed E-state index contributed by atoms with van der Waals surface area (Å²) in [5, 5.41) is 0.897. The summed E-state index contributed by atoms with van der Waals surface area (Å²) in [6.07, 6.45) is 4.10. The molecule has 0 N–H and O–H groups in total. The summed E-state index contributed by atoms with van der Waals surface area (Å²) in [6, 6.07) is 0. The second-order valence-corrected chi connectivity index (χ2v) is 3.88. The van der Waals surface area contributed by atoms with E-state index in [2.05, 4.69) is 19.6 Å². The summed E-state index contributed by atoms with van der Waals surface area (Å²) in [5.74, 6) is 0. The van der Waals surface area contributed by atoms with E-state index in [0.29, 0.717) is 5.08 Å². The van der Waals surface area contributed by atoms with Gasteiger partial charge in [0.1, 0.15) is 0 Å². The number of carbonyl (C=O) groups is 1. The number of carbonyl (C=O) groups excluding carboxylic acids is 1. The Bertz CT molecular complexity index is 93.6. The van der Waals surface area contributed by atoms with Crippen molar-refractivity contribution in [2.45, 2.75) is 32.6 Å². The highest BCUT2D eigenvalue weighted by Gasteiger charge is 1.98. The first-order valence-electron chi connectivity index (χ1n) is 3.57. The molecule has 0 spiro atoms. The number of hydrogen-bond acceptors (Lipinski definition) is 3. The highest BCUT2D eigenvalue weighted by atomic mass is 32.2. The maximum absolute atomic E-state index is 10.8. The van der Waals surface area contributed by atoms with Gasteiger partial charge in [-0.15, -0.1) is 0 Å². The van der Waals surface area contributed by atoms with Gasteiger partial charge in [-0.25, -0.2) is 0 Å². The number of rotatable bonds is 5. The molecule has 0 aliphatic rings. The molecule has 0 heterocycles. The van der Waals surface area contributed by atoms with Crippen LogP contribution in [0, 0.1) is 0 Å². The molecular weight excluding hydrogens is 164 g/mol. The number of thiol groups is 1. The molecule has 0 fully saturated rings. The second-order valence-electron chi connectivity index (χ2n) is 2.10. The third-order valence-electron chi connectivity index (χ3n) is 1.21. The molecule has 1 nitrogen and oxygen atoms in total. The van der Waals surface area contributed by atoms with Crippen LogP contribution in [0.15, 0.2) is 0 Å². The minimum atomic E-state index is 0.281. The topological polar surface area (TPSA) is 17.1 Å². The molecule has 0 unspecified atom stereocenters. The Morgan fingerprint density at radius 3 is 2.70 bits per heavy atom. The van der Waals surface area contributed by atoms with Crippen LogP contribution < -0.4 is 0 Å². The zero-order valence-corrected chi connectivity index (χ0v) is 8.01. The van der Waals surface area contributed by atoms with Crippen molar-refractivity contribution in [3.05, 3.63) is 0 Å². The van der Waals surface area contributed by atoms with Crippen molar-refractivity contribution in [1.29, 1.82) is 0 Å². The van der Waals surface area contributed by atoms with E-state index in [0.717, 1.165) is 12.8 Å². The number of thioether (sulfide) groups is 1. The molecule has 0 saturated carbocycles. The second kappa shape index (κ2) is 7.48. The van der Waals surface area contributed by atoms with Crippen LogP contribution in [0.1, 0.15) is 32.6 Å².